The molecule has 6 nitrogen and oxygen atoms in total. The van der Waals surface area contributed by atoms with Crippen LogP contribution in [0.15, 0.2) is 47.1 Å². The van der Waals surface area contributed by atoms with Crippen LogP contribution in [0.5, 0.6) is 0 Å². The molecule has 0 saturated carbocycles. The summed E-state index contributed by atoms with van der Waals surface area (Å²) in [6.07, 6.45) is 1.50. The second kappa shape index (κ2) is 8.18. The number of nitrogens with zero attached hydrogens (tertiary/aromatic N) is 1. The Hall–Kier alpha value is -2.31. The Morgan fingerprint density at radius 1 is 1.16 bits per heavy atom. The molecule has 0 spiro atoms. The van der Waals surface area contributed by atoms with Gasteiger partial charge in [0.25, 0.3) is 11.8 Å². The van der Waals surface area contributed by atoms with Crippen LogP contribution in [0.3, 0.4) is 0 Å². The summed E-state index contributed by atoms with van der Waals surface area (Å²) in [4.78, 5) is 27.3. The number of carbonyl (C=O) groups is 2. The molecular weight excluding hydrogens is 342 g/mol. The molecule has 0 bridgehead atoms. The van der Waals surface area contributed by atoms with Crippen LogP contribution in [-0.4, -0.2) is 49.4 Å². The van der Waals surface area contributed by atoms with Crippen molar-refractivity contribution in [3.05, 3.63) is 59.0 Å². The van der Waals surface area contributed by atoms with Gasteiger partial charge in [-0.3, -0.25) is 9.59 Å². The van der Waals surface area contributed by atoms with E-state index in [1.54, 1.807) is 17.0 Å². The minimum atomic E-state index is -0.0868. The second-order valence-corrected chi connectivity index (χ2v) is 6.54. The third-order valence-electron chi connectivity index (χ3n) is 4.30. The van der Waals surface area contributed by atoms with Crippen molar-refractivity contribution in [2.24, 2.45) is 0 Å². The van der Waals surface area contributed by atoms with Gasteiger partial charge >= 0.3 is 0 Å². The summed E-state index contributed by atoms with van der Waals surface area (Å²) >= 11 is 5.85. The Kier molecular flexibility index (Phi) is 5.73. The van der Waals surface area contributed by atoms with E-state index in [2.05, 4.69) is 5.32 Å². The summed E-state index contributed by atoms with van der Waals surface area (Å²) in [5.74, 6) is 0.288. The molecule has 7 heteroatoms. The first-order chi connectivity index (χ1) is 12.1. The summed E-state index contributed by atoms with van der Waals surface area (Å²) in [6.45, 7) is 3.66. The number of benzene rings is 1. The van der Waals surface area contributed by atoms with Gasteiger partial charge in [-0.25, -0.2) is 0 Å². The Morgan fingerprint density at radius 3 is 2.52 bits per heavy atom. The number of furan rings is 1. The zero-order chi connectivity index (χ0) is 17.6. The average Bonchev–Trinajstić information content (AvgIpc) is 3.16. The normalized spacial score (nSPS) is 15.2. The number of amides is 2. The first kappa shape index (κ1) is 17.5. The van der Waals surface area contributed by atoms with Crippen LogP contribution >= 0.6 is 11.6 Å². The van der Waals surface area contributed by atoms with E-state index in [1.807, 2.05) is 24.3 Å². The molecule has 2 aromatic rings. The fourth-order valence-electron chi connectivity index (χ4n) is 2.85. The van der Waals surface area contributed by atoms with Gasteiger partial charge in [-0.15, -0.1) is 0 Å². The smallest absolute Gasteiger partial charge is 0.289 e. The summed E-state index contributed by atoms with van der Waals surface area (Å²) in [7, 11) is 0. The maximum absolute atomic E-state index is 12.2. The summed E-state index contributed by atoms with van der Waals surface area (Å²) in [5, 5.41) is 3.61. The lowest BCUT2D eigenvalue weighted by Crippen LogP contribution is -3.15. The van der Waals surface area contributed by atoms with Crippen LogP contribution in [0.1, 0.15) is 16.1 Å². The van der Waals surface area contributed by atoms with E-state index in [-0.39, 0.29) is 11.8 Å². The monoisotopic (exact) mass is 362 g/mol. The third-order valence-corrected chi connectivity index (χ3v) is 4.56. The van der Waals surface area contributed by atoms with Crippen molar-refractivity contribution in [2.45, 2.75) is 6.54 Å². The molecule has 0 aliphatic carbocycles. The first-order valence-electron chi connectivity index (χ1n) is 8.29. The van der Waals surface area contributed by atoms with Crippen LogP contribution in [0.4, 0.5) is 0 Å². The molecule has 2 N–H and O–H groups in total. The fourth-order valence-corrected chi connectivity index (χ4v) is 2.98. The second-order valence-electron chi connectivity index (χ2n) is 6.10. The van der Waals surface area contributed by atoms with Gasteiger partial charge in [0.15, 0.2) is 12.3 Å². The molecule has 3 rings (SSSR count). The summed E-state index contributed by atoms with van der Waals surface area (Å²) in [6, 6.07) is 10.8. The lowest BCUT2D eigenvalue weighted by molar-refractivity contribution is -0.896. The van der Waals surface area contributed by atoms with E-state index < -0.39 is 0 Å². The molecule has 1 saturated heterocycles. The Labute approximate surface area is 151 Å². The van der Waals surface area contributed by atoms with Crippen molar-refractivity contribution < 1.29 is 18.9 Å². The lowest BCUT2D eigenvalue weighted by Gasteiger charge is -2.31. The molecule has 1 aliphatic rings. The number of hydrogen-bond acceptors (Lipinski definition) is 3. The van der Waals surface area contributed by atoms with E-state index in [0.717, 1.165) is 18.7 Å². The van der Waals surface area contributed by atoms with Crippen LogP contribution in [0.25, 0.3) is 0 Å². The van der Waals surface area contributed by atoms with Crippen molar-refractivity contribution in [3.8, 4) is 0 Å². The van der Waals surface area contributed by atoms with Crippen LogP contribution in [0.2, 0.25) is 5.02 Å². The molecule has 2 amide bonds. The van der Waals surface area contributed by atoms with Gasteiger partial charge in [0, 0.05) is 11.6 Å². The molecule has 2 heterocycles. The van der Waals surface area contributed by atoms with Gasteiger partial charge in [-0.2, -0.15) is 0 Å². The predicted molar refractivity (Wildman–Crippen MR) is 93.5 cm³/mol. The van der Waals surface area contributed by atoms with Gasteiger partial charge < -0.3 is 19.5 Å². The average molecular weight is 363 g/mol. The van der Waals surface area contributed by atoms with E-state index in [0.29, 0.717) is 37.0 Å². The minimum absolute atomic E-state index is 0.00996. The Bertz CT molecular complexity index is 708. The van der Waals surface area contributed by atoms with Crippen molar-refractivity contribution in [2.75, 3.05) is 32.7 Å². The van der Waals surface area contributed by atoms with Crippen molar-refractivity contribution in [1.82, 2.24) is 10.2 Å². The van der Waals surface area contributed by atoms with E-state index in [4.69, 9.17) is 16.0 Å². The number of rotatable bonds is 5. The molecule has 0 atom stereocenters. The standard InChI is InChI=1S/C18H20ClN3O3/c19-15-5-3-14(4-6-15)12-20-17(23)13-21-7-9-22(10-8-21)18(24)16-2-1-11-25-16/h1-6,11H,7-10,12-13H2,(H,20,23)/p+1. The molecule has 1 aromatic carbocycles. The molecule has 1 fully saturated rings. The zero-order valence-corrected chi connectivity index (χ0v) is 14.6. The van der Waals surface area contributed by atoms with Crippen LogP contribution in [-0.2, 0) is 11.3 Å². The minimum Gasteiger partial charge on any atom is -0.459 e. The number of quaternary nitrogens is 1. The maximum Gasteiger partial charge on any atom is 0.289 e. The lowest BCUT2D eigenvalue weighted by atomic mass is 10.2. The summed E-state index contributed by atoms with van der Waals surface area (Å²) in [5.41, 5.74) is 1.02. The molecule has 25 heavy (non-hydrogen) atoms. The number of carbonyl (C=O) groups excluding carboxylic acids is 2. The fraction of sp³-hybridized carbons (Fsp3) is 0.333. The Balaban J connectivity index is 1.40. The first-order valence-corrected chi connectivity index (χ1v) is 8.67. The third kappa shape index (κ3) is 4.84. The van der Waals surface area contributed by atoms with Gasteiger partial charge in [0.1, 0.15) is 0 Å². The SMILES string of the molecule is O=C(C[NH+]1CCN(C(=O)c2ccco2)CC1)NCc1ccc(Cl)cc1. The predicted octanol–water partition coefficient (Wildman–Crippen LogP) is 0.590. The highest BCUT2D eigenvalue weighted by atomic mass is 35.5. The number of hydrogen-bond donors (Lipinski definition) is 2. The Morgan fingerprint density at radius 2 is 1.88 bits per heavy atom. The van der Waals surface area contributed by atoms with Gasteiger partial charge in [0.05, 0.1) is 32.4 Å². The molecule has 1 aliphatic heterocycles. The van der Waals surface area contributed by atoms with Gasteiger partial charge in [-0.1, -0.05) is 23.7 Å². The quantitative estimate of drug-likeness (QED) is 0.818. The molecule has 0 unspecified atom stereocenters. The number of halogens is 1. The highest BCUT2D eigenvalue weighted by Crippen LogP contribution is 2.09. The van der Waals surface area contributed by atoms with Gasteiger partial charge in [0.2, 0.25) is 0 Å². The number of nitrogens with one attached hydrogen (secondary N) is 2. The van der Waals surface area contributed by atoms with Crippen molar-refractivity contribution in [1.29, 1.82) is 0 Å². The summed E-state index contributed by atoms with van der Waals surface area (Å²) < 4.78 is 5.15. The van der Waals surface area contributed by atoms with Crippen molar-refractivity contribution >= 4 is 23.4 Å². The van der Waals surface area contributed by atoms with Crippen molar-refractivity contribution in [3.63, 3.8) is 0 Å². The largest absolute Gasteiger partial charge is 0.459 e. The van der Waals surface area contributed by atoms with Gasteiger partial charge in [-0.05, 0) is 29.8 Å². The molecule has 0 radical (unpaired) electrons. The number of piperazine rings is 1. The van der Waals surface area contributed by atoms with E-state index in [1.165, 1.54) is 11.2 Å². The highest BCUT2D eigenvalue weighted by molar-refractivity contribution is 6.30. The molecule has 1 aromatic heterocycles. The van der Waals surface area contributed by atoms with Crippen LogP contribution in [0, 0.1) is 0 Å². The van der Waals surface area contributed by atoms with E-state index in [9.17, 15) is 9.59 Å². The molecule has 132 valence electrons. The highest BCUT2D eigenvalue weighted by Gasteiger charge is 2.26. The zero-order valence-electron chi connectivity index (χ0n) is 13.8. The van der Waals surface area contributed by atoms with Crippen LogP contribution < -0.4 is 10.2 Å². The topological polar surface area (TPSA) is 67.0 Å². The maximum atomic E-state index is 12.2. The molecular formula is C18H21ClN3O3+. The van der Waals surface area contributed by atoms with E-state index >= 15 is 0 Å².